The third-order valence-corrected chi connectivity index (χ3v) is 5.77. The Balaban J connectivity index is 0.00000192. The zero-order valence-corrected chi connectivity index (χ0v) is 16.6. The Morgan fingerprint density at radius 3 is 2.61 bits per heavy atom. The molecular formula is C18H25ClINO2. The highest BCUT2D eigenvalue weighted by atomic mass is 127. The smallest absolute Gasteiger partial charge is 0.338 e. The molecule has 0 aliphatic carbocycles. The number of fused-ring (bicyclic) bond motifs is 1. The average Bonchev–Trinajstić information content (AvgIpc) is 2.52. The summed E-state index contributed by atoms with van der Waals surface area (Å²) in [7, 11) is 2.39. The molecule has 0 radical (unpaired) electrons. The van der Waals surface area contributed by atoms with Gasteiger partial charge in [0, 0.05) is 17.4 Å². The predicted molar refractivity (Wildman–Crippen MR) is 88.0 cm³/mol. The van der Waals surface area contributed by atoms with Gasteiger partial charge in [-0.05, 0) is 49.9 Å². The van der Waals surface area contributed by atoms with Crippen LogP contribution in [0.1, 0.15) is 42.5 Å². The molecule has 128 valence electrons. The van der Waals surface area contributed by atoms with Crippen molar-refractivity contribution >= 4 is 17.6 Å². The van der Waals surface area contributed by atoms with Crippen LogP contribution in [-0.2, 0) is 4.74 Å². The van der Waals surface area contributed by atoms with Gasteiger partial charge in [0.25, 0.3) is 0 Å². The maximum atomic E-state index is 12.2. The van der Waals surface area contributed by atoms with Crippen LogP contribution in [0.2, 0.25) is 5.02 Å². The van der Waals surface area contributed by atoms with Crippen LogP contribution in [0.25, 0.3) is 0 Å². The fourth-order valence-corrected chi connectivity index (χ4v) is 4.41. The fourth-order valence-electron chi connectivity index (χ4n) is 4.28. The normalized spacial score (nSPS) is 30.0. The molecule has 3 rings (SSSR count). The van der Waals surface area contributed by atoms with Crippen molar-refractivity contribution in [2.24, 2.45) is 5.92 Å². The summed E-state index contributed by atoms with van der Waals surface area (Å²) >= 11 is 5.85. The van der Waals surface area contributed by atoms with E-state index >= 15 is 0 Å². The van der Waals surface area contributed by atoms with Gasteiger partial charge < -0.3 is 33.2 Å². The molecular weight excluding hydrogens is 425 g/mol. The Kier molecular flexibility index (Phi) is 6.75. The average molecular weight is 450 g/mol. The van der Waals surface area contributed by atoms with E-state index < -0.39 is 0 Å². The topological polar surface area (TPSA) is 26.3 Å². The molecule has 1 unspecified atom stereocenters. The minimum Gasteiger partial charge on any atom is -1.00 e. The molecule has 23 heavy (non-hydrogen) atoms. The number of ether oxygens (including phenoxy) is 1. The van der Waals surface area contributed by atoms with E-state index in [0.717, 1.165) is 0 Å². The number of hydrogen-bond acceptors (Lipinski definition) is 2. The van der Waals surface area contributed by atoms with Crippen molar-refractivity contribution in [3.63, 3.8) is 0 Å². The number of piperidine rings is 2. The van der Waals surface area contributed by atoms with Crippen molar-refractivity contribution < 1.29 is 38.0 Å². The molecule has 0 spiro atoms. The molecule has 2 aliphatic heterocycles. The number of esters is 1. The predicted octanol–water partition coefficient (Wildman–Crippen LogP) is 0.910. The first-order valence-corrected chi connectivity index (χ1v) is 8.73. The summed E-state index contributed by atoms with van der Waals surface area (Å²) in [5.41, 5.74) is 0.584. The molecule has 1 aromatic carbocycles. The third kappa shape index (κ3) is 4.40. The quantitative estimate of drug-likeness (QED) is 0.390. The van der Waals surface area contributed by atoms with Crippen LogP contribution in [0.3, 0.4) is 0 Å². The molecule has 2 saturated heterocycles. The number of carbonyl (C=O) groups excluding carboxylic acids is 1. The van der Waals surface area contributed by atoms with Gasteiger partial charge in [0.2, 0.25) is 0 Å². The molecule has 3 nitrogen and oxygen atoms in total. The largest absolute Gasteiger partial charge is 1.00 e. The molecule has 1 aromatic rings. The van der Waals surface area contributed by atoms with Gasteiger partial charge in [-0.2, -0.15) is 0 Å². The number of rotatable bonds is 3. The van der Waals surface area contributed by atoms with Crippen LogP contribution in [0.4, 0.5) is 0 Å². The second kappa shape index (κ2) is 8.17. The molecule has 5 heteroatoms. The molecule has 2 fully saturated rings. The summed E-state index contributed by atoms with van der Waals surface area (Å²) in [5.74, 6) is 0.280. The molecule has 0 saturated carbocycles. The van der Waals surface area contributed by atoms with Gasteiger partial charge in [0.1, 0.15) is 6.61 Å². The Labute approximate surface area is 160 Å². The lowest BCUT2D eigenvalue weighted by Gasteiger charge is -2.51. The zero-order chi connectivity index (χ0) is 15.6. The third-order valence-electron chi connectivity index (χ3n) is 5.52. The lowest BCUT2D eigenvalue weighted by molar-refractivity contribution is -0.947. The molecule has 2 heterocycles. The fraction of sp³-hybridized carbons (Fsp3) is 0.611. The lowest BCUT2D eigenvalue weighted by atomic mass is 9.82. The van der Waals surface area contributed by atoms with E-state index in [0.29, 0.717) is 29.2 Å². The van der Waals surface area contributed by atoms with Crippen molar-refractivity contribution in [1.82, 2.24) is 0 Å². The number of halogens is 2. The van der Waals surface area contributed by atoms with Gasteiger partial charge in [-0.1, -0.05) is 11.6 Å². The van der Waals surface area contributed by atoms with Crippen molar-refractivity contribution in [2.45, 2.75) is 38.1 Å². The number of carbonyl (C=O) groups is 1. The SMILES string of the molecule is C[N+]12CCCC[C@@H]1[C@H](COC(=O)c1ccc(Cl)cc1)CCC2.[I-]. The van der Waals surface area contributed by atoms with E-state index in [1.165, 1.54) is 49.7 Å². The van der Waals surface area contributed by atoms with Crippen LogP contribution in [-0.4, -0.2) is 43.2 Å². The number of quaternary nitrogens is 1. The monoisotopic (exact) mass is 449 g/mol. The van der Waals surface area contributed by atoms with Crippen molar-refractivity contribution in [2.75, 3.05) is 26.7 Å². The van der Waals surface area contributed by atoms with E-state index in [2.05, 4.69) is 7.05 Å². The molecule has 0 amide bonds. The number of hydrogen-bond donors (Lipinski definition) is 0. The second-order valence-corrected chi connectivity index (χ2v) is 7.43. The van der Waals surface area contributed by atoms with E-state index in [4.69, 9.17) is 16.3 Å². The van der Waals surface area contributed by atoms with Gasteiger partial charge in [0.15, 0.2) is 0 Å². The summed E-state index contributed by atoms with van der Waals surface area (Å²) in [5, 5.41) is 0.638. The summed E-state index contributed by atoms with van der Waals surface area (Å²) in [6, 6.07) is 7.58. The standard InChI is InChI=1S/C18H25ClNO2.HI/c1-20-11-3-2-6-17(20)15(5-4-12-20)13-22-18(21)14-7-9-16(19)10-8-14;/h7-10,15,17H,2-6,11-13H2,1H3;1H/q+1;/p-1/t15-,17+,20?;/m0./s1. The molecule has 0 aromatic heterocycles. The maximum Gasteiger partial charge on any atom is 0.338 e. The highest BCUT2D eigenvalue weighted by Gasteiger charge is 2.43. The summed E-state index contributed by atoms with van der Waals surface area (Å²) in [6.07, 6.45) is 6.37. The Morgan fingerprint density at radius 2 is 1.87 bits per heavy atom. The second-order valence-electron chi connectivity index (χ2n) is 7.00. The van der Waals surface area contributed by atoms with Gasteiger partial charge >= 0.3 is 5.97 Å². The number of benzene rings is 1. The Morgan fingerprint density at radius 1 is 1.17 bits per heavy atom. The van der Waals surface area contributed by atoms with Crippen LogP contribution < -0.4 is 24.0 Å². The summed E-state index contributed by atoms with van der Waals surface area (Å²) < 4.78 is 6.79. The summed E-state index contributed by atoms with van der Waals surface area (Å²) in [6.45, 7) is 3.12. The van der Waals surface area contributed by atoms with Gasteiger partial charge in [0.05, 0.1) is 31.7 Å². The van der Waals surface area contributed by atoms with E-state index in [-0.39, 0.29) is 29.9 Å². The van der Waals surface area contributed by atoms with Crippen molar-refractivity contribution in [3.05, 3.63) is 34.9 Å². The van der Waals surface area contributed by atoms with E-state index in [1.54, 1.807) is 24.3 Å². The Bertz CT molecular complexity index is 532. The highest BCUT2D eigenvalue weighted by Crippen LogP contribution is 2.36. The molecule has 3 atom stereocenters. The molecule has 0 N–H and O–H groups in total. The lowest BCUT2D eigenvalue weighted by Crippen LogP contribution is -3.00. The van der Waals surface area contributed by atoms with Gasteiger partial charge in [-0.25, -0.2) is 4.79 Å². The minimum absolute atomic E-state index is 0. The van der Waals surface area contributed by atoms with Crippen LogP contribution in [0, 0.1) is 5.92 Å². The maximum absolute atomic E-state index is 12.2. The van der Waals surface area contributed by atoms with Crippen LogP contribution >= 0.6 is 11.6 Å². The van der Waals surface area contributed by atoms with E-state index in [9.17, 15) is 4.79 Å². The summed E-state index contributed by atoms with van der Waals surface area (Å²) in [4.78, 5) is 12.2. The first-order valence-electron chi connectivity index (χ1n) is 8.35. The first kappa shape index (κ1) is 19.0. The van der Waals surface area contributed by atoms with Crippen molar-refractivity contribution in [1.29, 1.82) is 0 Å². The van der Waals surface area contributed by atoms with Crippen LogP contribution in [0.15, 0.2) is 24.3 Å². The minimum atomic E-state index is -0.229. The van der Waals surface area contributed by atoms with Crippen molar-refractivity contribution in [3.8, 4) is 0 Å². The zero-order valence-electron chi connectivity index (χ0n) is 13.6. The molecule has 0 bridgehead atoms. The first-order chi connectivity index (χ1) is 10.6. The van der Waals surface area contributed by atoms with Gasteiger partial charge in [-0.15, -0.1) is 0 Å². The Hall–Kier alpha value is -0.330. The highest BCUT2D eigenvalue weighted by molar-refractivity contribution is 6.30. The van der Waals surface area contributed by atoms with Crippen LogP contribution in [0.5, 0.6) is 0 Å². The van der Waals surface area contributed by atoms with E-state index in [1.807, 2.05) is 0 Å². The molecule has 2 aliphatic rings. The van der Waals surface area contributed by atoms with Gasteiger partial charge in [-0.3, -0.25) is 0 Å². The number of nitrogens with zero attached hydrogens (tertiary/aromatic N) is 1.